The summed E-state index contributed by atoms with van der Waals surface area (Å²) < 4.78 is 0. The molecule has 12 N–H and O–H groups in total. The number of terminal acetylenes is 6. The molecule has 6 rings (SSSR count). The highest BCUT2D eigenvalue weighted by Crippen LogP contribution is 2.34. The van der Waals surface area contributed by atoms with E-state index < -0.39 is 24.0 Å². The lowest BCUT2D eigenvalue weighted by atomic mass is 9.91. The second-order valence-electron chi connectivity index (χ2n) is 26.9. The number of hydroxylamine groups is 6. The number of hydrogen-bond donors (Lipinski definition) is 12. The van der Waals surface area contributed by atoms with Gasteiger partial charge in [-0.3, -0.25) is 78.0 Å². The fraction of sp³-hybridized carbons (Fsp3) is 0.667. The Morgan fingerprint density at radius 2 is 0.510 bits per heavy atom. The van der Waals surface area contributed by atoms with Crippen LogP contribution in [0.4, 0.5) is 0 Å². The van der Waals surface area contributed by atoms with Crippen LogP contribution in [-0.4, -0.2) is 213 Å². The summed E-state index contributed by atoms with van der Waals surface area (Å²) in [6, 6.07) is -4.52. The van der Waals surface area contributed by atoms with Gasteiger partial charge in [0.15, 0.2) is 0 Å². The molecule has 24 atom stereocenters. The number of Topliss-reactive ketones (excluding diaryl/α,β-unsaturated/α-hetero) is 10. The predicted octanol–water partition coefficient (Wildman–Crippen LogP) is -0.255. The molecule has 0 aliphatic carbocycles. The summed E-state index contributed by atoms with van der Waals surface area (Å²) in [5.74, 6) is -2.84. The largest absolute Gasteiger partial charge is 0.480 e. The van der Waals surface area contributed by atoms with E-state index in [1.807, 2.05) is 88.2 Å². The number of ketones is 10. The SMILES string of the molecule is C#CONC(C)[C@@H]1N[C@@H](C(=O)O)C[C@H]1C(C)=O.C#CONC(C)[C@@H]1N[C@@H](C(=O)O)C[C@H]1C(C)=O.C#CONC(C)[C@@H]1N[C@@H](C(C)=O)C[C@H]1C(C)=O.C#CONC(C)[C@@H]1N[C@@H](C(C)=O)C[C@H]1C(C)=O.C#CONC(C)[C@H]1[C@H](C(C)=O)C[C@H](C(C)=O)N1C.C#CONC(C)[C@H]1[C@H](C(C)=O)C[C@H](C(C)=O)N1C. The van der Waals surface area contributed by atoms with E-state index in [0.29, 0.717) is 25.7 Å². The highest BCUT2D eigenvalue weighted by Gasteiger charge is 2.49. The van der Waals surface area contributed by atoms with E-state index in [-0.39, 0.29) is 203 Å². The second kappa shape index (κ2) is 46.2. The van der Waals surface area contributed by atoms with Gasteiger partial charge in [0.1, 0.15) is 107 Å². The monoisotopic (exact) mass is 1460 g/mol. The van der Waals surface area contributed by atoms with Gasteiger partial charge >= 0.3 is 11.9 Å². The summed E-state index contributed by atoms with van der Waals surface area (Å²) >= 11 is 0. The Kier molecular flexibility index (Phi) is 41.5. The summed E-state index contributed by atoms with van der Waals surface area (Å²) in [4.78, 5) is 169. The molecule has 0 amide bonds. The molecule has 576 valence electrons. The van der Waals surface area contributed by atoms with Crippen molar-refractivity contribution in [1.29, 1.82) is 0 Å². The van der Waals surface area contributed by atoms with Crippen LogP contribution in [0.3, 0.4) is 0 Å². The lowest BCUT2D eigenvalue weighted by Gasteiger charge is -2.30. The molecule has 6 aliphatic rings. The molecule has 0 aromatic rings. The molecule has 6 saturated heterocycles. The van der Waals surface area contributed by atoms with Gasteiger partial charge in [0, 0.05) is 71.8 Å². The molecule has 0 saturated carbocycles. The Balaban J connectivity index is 0.000000624. The van der Waals surface area contributed by atoms with Crippen LogP contribution in [0.5, 0.6) is 0 Å². The summed E-state index contributed by atoms with van der Waals surface area (Å²) in [6.45, 7) is 26.3. The van der Waals surface area contributed by atoms with Crippen molar-refractivity contribution < 1.29 is 96.8 Å². The summed E-state index contributed by atoms with van der Waals surface area (Å²) in [7, 11) is 3.71. The maximum Gasteiger partial charge on any atom is 0.320 e. The van der Waals surface area contributed by atoms with Crippen molar-refractivity contribution in [1.82, 2.24) is 63.9 Å². The van der Waals surface area contributed by atoms with Crippen LogP contribution in [0, 0.1) is 111 Å². The first-order valence-electron chi connectivity index (χ1n) is 33.9. The van der Waals surface area contributed by atoms with Crippen molar-refractivity contribution in [2.24, 2.45) is 35.5 Å². The van der Waals surface area contributed by atoms with Gasteiger partial charge in [0.25, 0.3) is 0 Å². The van der Waals surface area contributed by atoms with Crippen molar-refractivity contribution in [3.8, 4) is 75.2 Å². The number of nitrogens with one attached hydrogen (secondary N) is 10. The van der Waals surface area contributed by atoms with Gasteiger partial charge in [-0.05, 0) is 163 Å². The Labute approximate surface area is 611 Å². The third-order valence-corrected chi connectivity index (χ3v) is 19.6. The molecule has 104 heavy (non-hydrogen) atoms. The van der Waals surface area contributed by atoms with Crippen molar-refractivity contribution in [3.63, 3.8) is 0 Å². The molecule has 32 heteroatoms. The van der Waals surface area contributed by atoms with Crippen molar-refractivity contribution in [2.45, 2.75) is 258 Å². The number of likely N-dealkylation sites (tertiary alicyclic amines) is 2. The summed E-state index contributed by atoms with van der Waals surface area (Å²) in [5, 5.41) is 30.0. The molecule has 0 aromatic heterocycles. The normalized spacial score (nSPS) is 29.5. The van der Waals surface area contributed by atoms with E-state index in [4.69, 9.17) is 58.4 Å². The quantitative estimate of drug-likeness (QED) is 0.0326. The first-order chi connectivity index (χ1) is 48.7. The Bertz CT molecular complexity index is 2880. The molecule has 0 spiro atoms. The fourth-order valence-corrected chi connectivity index (χ4v) is 14.2. The van der Waals surface area contributed by atoms with Gasteiger partial charge in [0.05, 0.1) is 60.4 Å². The third kappa shape index (κ3) is 28.4. The zero-order valence-corrected chi connectivity index (χ0v) is 62.7. The fourth-order valence-electron chi connectivity index (χ4n) is 14.2. The minimum absolute atomic E-state index is 0.0411. The van der Waals surface area contributed by atoms with Gasteiger partial charge in [-0.25, -0.2) is 0 Å². The maximum absolute atomic E-state index is 11.7. The lowest BCUT2D eigenvalue weighted by Crippen LogP contribution is -2.49. The summed E-state index contributed by atoms with van der Waals surface area (Å²) in [5.41, 5.74) is 15.9. The summed E-state index contributed by atoms with van der Waals surface area (Å²) in [6.07, 6.45) is 44.6. The van der Waals surface area contributed by atoms with E-state index in [0.717, 1.165) is 0 Å². The molecule has 6 fully saturated rings. The van der Waals surface area contributed by atoms with Crippen molar-refractivity contribution in [2.75, 3.05) is 14.1 Å². The van der Waals surface area contributed by atoms with E-state index in [9.17, 15) is 57.5 Å². The number of rotatable bonds is 30. The van der Waals surface area contributed by atoms with E-state index >= 15 is 0 Å². The van der Waals surface area contributed by atoms with Gasteiger partial charge < -0.3 is 49.9 Å². The lowest BCUT2D eigenvalue weighted by molar-refractivity contribution is -0.140. The zero-order chi connectivity index (χ0) is 79.7. The zero-order valence-electron chi connectivity index (χ0n) is 62.7. The molecule has 6 heterocycles. The molecule has 32 nitrogen and oxygen atoms in total. The van der Waals surface area contributed by atoms with E-state index in [1.54, 1.807) is 41.5 Å². The minimum atomic E-state index is -0.955. The first kappa shape index (κ1) is 93.3. The van der Waals surface area contributed by atoms with Crippen LogP contribution < -0.4 is 54.1 Å². The van der Waals surface area contributed by atoms with E-state index in [2.05, 4.69) is 73.5 Å². The average Bonchev–Trinajstić information content (AvgIpc) is 1.65. The molecular formula is C72H108N12O20. The minimum Gasteiger partial charge on any atom is -0.480 e. The number of carboxylic acids is 2. The number of carbonyl (C=O) groups excluding carboxylic acids is 10. The molecule has 0 aromatic carbocycles. The number of carbonyl (C=O) groups is 12. The van der Waals surface area contributed by atoms with Crippen molar-refractivity contribution in [3.05, 3.63) is 0 Å². The maximum atomic E-state index is 11.7. The number of nitrogens with zero attached hydrogens (tertiary/aromatic N) is 2. The molecule has 6 aliphatic heterocycles. The molecule has 0 bridgehead atoms. The van der Waals surface area contributed by atoms with Crippen LogP contribution >= 0.6 is 0 Å². The average molecular weight is 1460 g/mol. The first-order valence-corrected chi connectivity index (χ1v) is 33.9. The predicted molar refractivity (Wildman–Crippen MR) is 379 cm³/mol. The van der Waals surface area contributed by atoms with Crippen molar-refractivity contribution >= 4 is 69.8 Å². The Morgan fingerprint density at radius 3 is 0.683 bits per heavy atom. The molecule has 6 unspecified atom stereocenters. The van der Waals surface area contributed by atoms with Gasteiger partial charge in [-0.2, -0.15) is 0 Å². The Hall–Kier alpha value is -8.68. The Morgan fingerprint density at radius 1 is 0.317 bits per heavy atom. The number of likely N-dealkylation sites (N-methyl/N-ethyl adjacent to an activating group) is 2. The van der Waals surface area contributed by atoms with Crippen LogP contribution in [0.25, 0.3) is 0 Å². The number of carboxylic acid groups (broad SMARTS) is 2. The number of hydrogen-bond acceptors (Lipinski definition) is 30. The molecule has 0 radical (unpaired) electrons. The smallest absolute Gasteiger partial charge is 0.320 e. The van der Waals surface area contributed by atoms with Crippen LogP contribution in [-0.2, 0) is 86.6 Å². The highest BCUT2D eigenvalue weighted by atomic mass is 16.7. The van der Waals surface area contributed by atoms with Gasteiger partial charge in [-0.1, -0.05) is 38.5 Å². The second-order valence-corrected chi connectivity index (χ2v) is 26.9. The van der Waals surface area contributed by atoms with Crippen LogP contribution in [0.2, 0.25) is 0 Å². The van der Waals surface area contributed by atoms with Gasteiger partial charge in [0.2, 0.25) is 0 Å². The molecular weight excluding hydrogens is 1350 g/mol. The van der Waals surface area contributed by atoms with Gasteiger partial charge in [-0.15, -0.1) is 32.9 Å². The van der Waals surface area contributed by atoms with Crippen LogP contribution in [0.1, 0.15) is 149 Å². The number of aliphatic carboxylic acids is 2. The highest BCUT2D eigenvalue weighted by molar-refractivity contribution is 5.89. The topological polar surface area (TPSA) is 427 Å². The van der Waals surface area contributed by atoms with Crippen LogP contribution in [0.15, 0.2) is 0 Å². The standard InChI is InChI=1S/2C13H20N2O3.2C12H18N2O3.2C11H16N2O4/c2*1-6-18-14-8(2)13-11(9(3)16)7-12(10(4)17)15(13)5;2*1-5-17-14-7(2)12-10(8(3)15)6-11(13-12)9(4)16;2*1-4-17-13-6(2)10-8(7(3)14)5-9(12-10)11(15)16/h2*1,8,11-14H,7H2,2-5H3;2*1,7,10-14H,6H2,2-4H3;2*1,6,8-10,12-13H,5H2,2-3H3,(H,15,16)/t2*8?,11-,12+,13-;2*7?,10-,11+,12-;2*6?,8-,9+,10-/m000000/s1. The third-order valence-electron chi connectivity index (χ3n) is 19.6. The van der Waals surface area contributed by atoms with E-state index in [1.165, 1.54) is 41.5 Å².